The highest BCUT2D eigenvalue weighted by atomic mass is 16.5. The summed E-state index contributed by atoms with van der Waals surface area (Å²) in [6.07, 6.45) is 1.53. The van der Waals surface area contributed by atoms with Gasteiger partial charge in [0.05, 0.1) is 0 Å². The lowest BCUT2D eigenvalue weighted by Crippen LogP contribution is -2.39. The van der Waals surface area contributed by atoms with Crippen LogP contribution >= 0.6 is 0 Å². The van der Waals surface area contributed by atoms with E-state index >= 15 is 0 Å². The van der Waals surface area contributed by atoms with Crippen molar-refractivity contribution in [1.29, 1.82) is 0 Å². The molecule has 110 valence electrons. The predicted molar refractivity (Wildman–Crippen MR) is 75.8 cm³/mol. The zero-order valence-electron chi connectivity index (χ0n) is 12.0. The Morgan fingerprint density at radius 2 is 1.95 bits per heavy atom. The molecule has 0 saturated heterocycles. The maximum Gasteiger partial charge on any atom is 0.323 e. The number of rotatable bonds is 8. The highest BCUT2D eigenvalue weighted by Crippen LogP contribution is 2.18. The van der Waals surface area contributed by atoms with Gasteiger partial charge in [-0.3, -0.25) is 9.59 Å². The number of carbonyl (C=O) groups excluding carboxylic acids is 1. The number of benzene rings is 1. The van der Waals surface area contributed by atoms with E-state index in [0.717, 1.165) is 12.0 Å². The first-order chi connectivity index (χ1) is 9.58. The number of carboxylic acids is 1. The first-order valence-electron chi connectivity index (χ1n) is 6.78. The van der Waals surface area contributed by atoms with E-state index in [1.165, 1.54) is 4.90 Å². The summed E-state index contributed by atoms with van der Waals surface area (Å²) >= 11 is 0. The minimum atomic E-state index is -1.01. The maximum absolute atomic E-state index is 12.0. The van der Waals surface area contributed by atoms with Gasteiger partial charge < -0.3 is 14.7 Å². The van der Waals surface area contributed by atoms with Gasteiger partial charge >= 0.3 is 5.97 Å². The van der Waals surface area contributed by atoms with Crippen LogP contribution in [0.15, 0.2) is 24.3 Å². The highest BCUT2D eigenvalue weighted by Gasteiger charge is 2.16. The third-order valence-corrected chi connectivity index (χ3v) is 2.88. The fraction of sp³-hybridized carbons (Fsp3) is 0.467. The van der Waals surface area contributed by atoms with Crippen molar-refractivity contribution >= 4 is 11.9 Å². The van der Waals surface area contributed by atoms with Crippen LogP contribution in [0, 0.1) is 0 Å². The van der Waals surface area contributed by atoms with Crippen LogP contribution < -0.4 is 4.74 Å². The minimum absolute atomic E-state index is 0.135. The Morgan fingerprint density at radius 1 is 1.25 bits per heavy atom. The van der Waals surface area contributed by atoms with Crippen molar-refractivity contribution in [3.63, 3.8) is 0 Å². The van der Waals surface area contributed by atoms with Crippen molar-refractivity contribution in [3.05, 3.63) is 29.8 Å². The van der Waals surface area contributed by atoms with Crippen molar-refractivity contribution in [1.82, 2.24) is 4.90 Å². The largest absolute Gasteiger partial charge is 0.483 e. The molecule has 0 aromatic heterocycles. The zero-order valence-corrected chi connectivity index (χ0v) is 12.0. The molecule has 0 aliphatic heterocycles. The number of aliphatic carboxylic acids is 1. The average Bonchev–Trinajstić information content (AvgIpc) is 2.44. The Bertz CT molecular complexity index is 459. The molecular formula is C15H21NO4. The molecule has 1 N–H and O–H groups in total. The number of ether oxygens (including phenoxy) is 1. The summed E-state index contributed by atoms with van der Waals surface area (Å²) in [4.78, 5) is 24.0. The van der Waals surface area contributed by atoms with Crippen LogP contribution in [0.3, 0.4) is 0 Å². The van der Waals surface area contributed by atoms with Gasteiger partial charge in [-0.2, -0.15) is 0 Å². The van der Waals surface area contributed by atoms with Gasteiger partial charge in [0.2, 0.25) is 0 Å². The first-order valence-corrected chi connectivity index (χ1v) is 6.78. The standard InChI is InChI=1S/C15H21NO4/c1-3-9-16(10-15(18)19)14(17)11-20-13-8-6-5-7-12(13)4-2/h5-8H,3-4,9-11H2,1-2H3,(H,18,19). The van der Waals surface area contributed by atoms with Crippen LogP contribution in [0.5, 0.6) is 5.75 Å². The molecule has 0 atom stereocenters. The maximum atomic E-state index is 12.0. The molecule has 5 nitrogen and oxygen atoms in total. The average molecular weight is 279 g/mol. The third kappa shape index (κ3) is 4.91. The molecule has 20 heavy (non-hydrogen) atoms. The van der Waals surface area contributed by atoms with E-state index in [2.05, 4.69) is 0 Å². The number of para-hydroxylation sites is 1. The Labute approximate surface area is 119 Å². The van der Waals surface area contributed by atoms with Crippen molar-refractivity contribution in [2.24, 2.45) is 0 Å². The molecule has 0 aliphatic rings. The molecule has 0 saturated carbocycles. The molecule has 0 aliphatic carbocycles. The quantitative estimate of drug-likeness (QED) is 0.790. The SMILES string of the molecule is CCCN(CC(=O)O)C(=O)COc1ccccc1CC. The van der Waals surface area contributed by atoms with Gasteiger partial charge in [-0.25, -0.2) is 0 Å². The summed E-state index contributed by atoms with van der Waals surface area (Å²) in [5.41, 5.74) is 1.03. The number of hydrogen-bond acceptors (Lipinski definition) is 3. The molecule has 0 fully saturated rings. The van der Waals surface area contributed by atoms with Crippen molar-refractivity contribution in [2.45, 2.75) is 26.7 Å². The second-order valence-electron chi connectivity index (χ2n) is 4.46. The topological polar surface area (TPSA) is 66.8 Å². The fourth-order valence-electron chi connectivity index (χ4n) is 1.89. The monoisotopic (exact) mass is 279 g/mol. The Balaban J connectivity index is 2.62. The van der Waals surface area contributed by atoms with Gasteiger partial charge in [0, 0.05) is 6.54 Å². The van der Waals surface area contributed by atoms with Gasteiger partial charge in [0.1, 0.15) is 12.3 Å². The number of carbonyl (C=O) groups is 2. The van der Waals surface area contributed by atoms with Gasteiger partial charge in [-0.15, -0.1) is 0 Å². The summed E-state index contributed by atoms with van der Waals surface area (Å²) in [5, 5.41) is 8.79. The van der Waals surface area contributed by atoms with Gasteiger partial charge in [-0.1, -0.05) is 32.0 Å². The number of hydrogen-bond donors (Lipinski definition) is 1. The van der Waals surface area contributed by atoms with E-state index in [4.69, 9.17) is 9.84 Å². The lowest BCUT2D eigenvalue weighted by molar-refractivity contribution is -0.145. The summed E-state index contributed by atoms with van der Waals surface area (Å²) in [6, 6.07) is 7.52. The van der Waals surface area contributed by atoms with E-state index in [0.29, 0.717) is 18.7 Å². The molecule has 0 bridgehead atoms. The summed E-state index contributed by atoms with van der Waals surface area (Å²) in [5.74, 6) is -0.643. The number of aryl methyl sites for hydroxylation is 1. The highest BCUT2D eigenvalue weighted by molar-refractivity contribution is 5.82. The Hall–Kier alpha value is -2.04. The minimum Gasteiger partial charge on any atom is -0.483 e. The van der Waals surface area contributed by atoms with Crippen LogP contribution in [0.2, 0.25) is 0 Å². The van der Waals surface area contributed by atoms with E-state index in [1.807, 2.05) is 38.1 Å². The van der Waals surface area contributed by atoms with Crippen LogP contribution in [-0.2, 0) is 16.0 Å². The number of nitrogens with zero attached hydrogens (tertiary/aromatic N) is 1. The van der Waals surface area contributed by atoms with Gasteiger partial charge in [-0.05, 0) is 24.5 Å². The molecule has 5 heteroatoms. The molecule has 1 aromatic carbocycles. The summed E-state index contributed by atoms with van der Waals surface area (Å²) in [7, 11) is 0. The Kier molecular flexibility index (Phi) is 6.56. The lowest BCUT2D eigenvalue weighted by Gasteiger charge is -2.20. The molecule has 1 aromatic rings. The van der Waals surface area contributed by atoms with Crippen LogP contribution in [0.4, 0.5) is 0 Å². The van der Waals surface area contributed by atoms with E-state index in [9.17, 15) is 9.59 Å². The Morgan fingerprint density at radius 3 is 2.55 bits per heavy atom. The molecule has 0 unspecified atom stereocenters. The van der Waals surface area contributed by atoms with E-state index in [1.54, 1.807) is 0 Å². The van der Waals surface area contributed by atoms with Crippen molar-refractivity contribution in [3.8, 4) is 5.75 Å². The molecule has 1 amide bonds. The zero-order chi connectivity index (χ0) is 15.0. The number of amides is 1. The van der Waals surface area contributed by atoms with Gasteiger partial charge in [0.15, 0.2) is 6.61 Å². The van der Waals surface area contributed by atoms with E-state index < -0.39 is 5.97 Å². The van der Waals surface area contributed by atoms with Crippen molar-refractivity contribution < 1.29 is 19.4 Å². The molecule has 0 spiro atoms. The molecular weight excluding hydrogens is 258 g/mol. The number of carboxylic acid groups (broad SMARTS) is 1. The first kappa shape index (κ1) is 16.0. The summed E-state index contributed by atoms with van der Waals surface area (Å²) < 4.78 is 5.51. The molecule has 0 radical (unpaired) electrons. The normalized spacial score (nSPS) is 10.1. The second kappa shape index (κ2) is 8.19. The van der Waals surface area contributed by atoms with Crippen LogP contribution in [-0.4, -0.2) is 41.6 Å². The van der Waals surface area contributed by atoms with Crippen LogP contribution in [0.25, 0.3) is 0 Å². The van der Waals surface area contributed by atoms with Crippen molar-refractivity contribution in [2.75, 3.05) is 19.7 Å². The lowest BCUT2D eigenvalue weighted by atomic mass is 10.1. The predicted octanol–water partition coefficient (Wildman–Crippen LogP) is 1.95. The molecule has 0 heterocycles. The summed E-state index contributed by atoms with van der Waals surface area (Å²) in [6.45, 7) is 3.91. The third-order valence-electron chi connectivity index (χ3n) is 2.88. The fourth-order valence-corrected chi connectivity index (χ4v) is 1.89. The smallest absolute Gasteiger partial charge is 0.323 e. The van der Waals surface area contributed by atoms with Gasteiger partial charge in [0.25, 0.3) is 5.91 Å². The van der Waals surface area contributed by atoms with E-state index in [-0.39, 0.29) is 19.1 Å². The second-order valence-corrected chi connectivity index (χ2v) is 4.46. The van der Waals surface area contributed by atoms with Crippen LogP contribution in [0.1, 0.15) is 25.8 Å². The molecule has 1 rings (SSSR count).